The molecule has 5 rings (SSSR count). The molecule has 8 nitrogen and oxygen atoms in total. The van der Waals surface area contributed by atoms with Crippen LogP contribution in [0.2, 0.25) is 0 Å². The molecule has 1 aliphatic heterocycles. The fourth-order valence-electron chi connectivity index (χ4n) is 4.44. The van der Waals surface area contributed by atoms with Gasteiger partial charge in [0.1, 0.15) is 22.5 Å². The molecule has 1 aromatic heterocycles. The number of benzene rings is 3. The van der Waals surface area contributed by atoms with Crippen molar-refractivity contribution in [2.45, 2.75) is 32.1 Å². The summed E-state index contributed by atoms with van der Waals surface area (Å²) in [6.07, 6.45) is -0.0200. The number of phenols is 3. The van der Waals surface area contributed by atoms with Crippen molar-refractivity contribution in [1.29, 1.82) is 0 Å². The maximum Gasteiger partial charge on any atom is 0.312 e. The van der Waals surface area contributed by atoms with E-state index in [9.17, 15) is 30.0 Å². The lowest BCUT2D eigenvalue weighted by molar-refractivity contribution is -0.135. The van der Waals surface area contributed by atoms with Gasteiger partial charge in [-0.3, -0.25) is 9.59 Å². The Labute approximate surface area is 199 Å². The van der Waals surface area contributed by atoms with Crippen molar-refractivity contribution in [3.05, 3.63) is 75.4 Å². The Hall–Kier alpha value is -4.46. The SMILES string of the molecule is CC(C)c1ccc([C@@H]2CC(=O)Oc3cc(O)c4c(=O)c(O)c(-c5ccc(O)c(O)c5)oc4c32)cc1. The highest BCUT2D eigenvalue weighted by atomic mass is 16.5. The van der Waals surface area contributed by atoms with Crippen LogP contribution in [-0.4, -0.2) is 26.4 Å². The van der Waals surface area contributed by atoms with Crippen LogP contribution in [0.1, 0.15) is 48.8 Å². The smallest absolute Gasteiger partial charge is 0.312 e. The minimum Gasteiger partial charge on any atom is -0.507 e. The molecule has 0 radical (unpaired) electrons. The van der Waals surface area contributed by atoms with E-state index in [2.05, 4.69) is 13.8 Å². The van der Waals surface area contributed by atoms with Gasteiger partial charge in [-0.15, -0.1) is 0 Å². The van der Waals surface area contributed by atoms with Gasteiger partial charge in [-0.1, -0.05) is 38.1 Å². The molecule has 8 heteroatoms. The molecule has 3 aromatic carbocycles. The van der Waals surface area contributed by atoms with Crippen LogP contribution < -0.4 is 10.2 Å². The van der Waals surface area contributed by atoms with Crippen molar-refractivity contribution >= 4 is 16.9 Å². The largest absolute Gasteiger partial charge is 0.507 e. The fourth-order valence-corrected chi connectivity index (χ4v) is 4.44. The van der Waals surface area contributed by atoms with Crippen LogP contribution in [-0.2, 0) is 4.79 Å². The first-order valence-electron chi connectivity index (χ1n) is 11.0. The van der Waals surface area contributed by atoms with Crippen LogP contribution in [0.5, 0.6) is 28.7 Å². The van der Waals surface area contributed by atoms with Gasteiger partial charge in [-0.2, -0.15) is 0 Å². The lowest BCUT2D eigenvalue weighted by Gasteiger charge is -2.26. The summed E-state index contributed by atoms with van der Waals surface area (Å²) in [5, 5.41) is 40.5. The maximum atomic E-state index is 13.1. The van der Waals surface area contributed by atoms with Gasteiger partial charge in [0.2, 0.25) is 11.2 Å². The average Bonchev–Trinajstić information content (AvgIpc) is 2.82. The number of phenolic OH excluding ortho intramolecular Hbond substituents is 3. The Morgan fingerprint density at radius 2 is 1.60 bits per heavy atom. The molecular formula is C27H22O8. The summed E-state index contributed by atoms with van der Waals surface area (Å²) in [6, 6.07) is 12.6. The third-order valence-corrected chi connectivity index (χ3v) is 6.31. The molecule has 178 valence electrons. The highest BCUT2D eigenvalue weighted by Gasteiger charge is 2.34. The first kappa shape index (κ1) is 22.3. The third kappa shape index (κ3) is 3.63. The third-order valence-electron chi connectivity index (χ3n) is 6.31. The van der Waals surface area contributed by atoms with E-state index in [-0.39, 0.29) is 40.2 Å². The summed E-state index contributed by atoms with van der Waals surface area (Å²) in [6.45, 7) is 4.14. The normalized spacial score (nSPS) is 15.3. The van der Waals surface area contributed by atoms with E-state index in [0.717, 1.165) is 17.2 Å². The van der Waals surface area contributed by atoms with Gasteiger partial charge in [0.15, 0.2) is 17.3 Å². The number of esters is 1. The molecule has 0 saturated heterocycles. The highest BCUT2D eigenvalue weighted by molar-refractivity contribution is 5.94. The van der Waals surface area contributed by atoms with E-state index < -0.39 is 34.6 Å². The quantitative estimate of drug-likeness (QED) is 0.188. The van der Waals surface area contributed by atoms with Crippen molar-refractivity contribution < 1.29 is 34.4 Å². The topological polar surface area (TPSA) is 137 Å². The second-order valence-electron chi connectivity index (χ2n) is 8.88. The first-order chi connectivity index (χ1) is 16.7. The van der Waals surface area contributed by atoms with E-state index in [1.54, 1.807) is 0 Å². The number of hydrogen-bond donors (Lipinski definition) is 4. The molecule has 0 fully saturated rings. The number of aromatic hydroxyl groups is 4. The first-order valence-corrected chi connectivity index (χ1v) is 11.0. The zero-order chi connectivity index (χ0) is 25.0. The summed E-state index contributed by atoms with van der Waals surface area (Å²) in [5.41, 5.74) is 1.49. The van der Waals surface area contributed by atoms with Crippen LogP contribution in [0.25, 0.3) is 22.3 Å². The number of rotatable bonds is 3. The Bertz CT molecular complexity index is 1550. The van der Waals surface area contributed by atoms with E-state index in [1.165, 1.54) is 18.2 Å². The van der Waals surface area contributed by atoms with Crippen LogP contribution in [0.3, 0.4) is 0 Å². The molecule has 1 atom stereocenters. The second kappa shape index (κ2) is 8.09. The zero-order valence-electron chi connectivity index (χ0n) is 18.9. The molecule has 0 unspecified atom stereocenters. The number of ether oxygens (including phenoxy) is 1. The highest BCUT2D eigenvalue weighted by Crippen LogP contribution is 2.47. The van der Waals surface area contributed by atoms with Crippen molar-refractivity contribution in [2.24, 2.45) is 0 Å². The zero-order valence-corrected chi connectivity index (χ0v) is 18.9. The lowest BCUT2D eigenvalue weighted by atomic mass is 9.84. The van der Waals surface area contributed by atoms with Gasteiger partial charge >= 0.3 is 5.97 Å². The minimum atomic E-state index is -0.889. The minimum absolute atomic E-state index is 0.0200. The summed E-state index contributed by atoms with van der Waals surface area (Å²) >= 11 is 0. The van der Waals surface area contributed by atoms with Crippen molar-refractivity contribution in [1.82, 2.24) is 0 Å². The van der Waals surface area contributed by atoms with Crippen LogP contribution in [0.15, 0.2) is 57.7 Å². The Balaban J connectivity index is 1.80. The van der Waals surface area contributed by atoms with Gasteiger partial charge in [-0.05, 0) is 35.2 Å². The molecule has 2 heterocycles. The van der Waals surface area contributed by atoms with Crippen molar-refractivity contribution in [3.8, 4) is 40.1 Å². The fraction of sp³-hybridized carbons (Fsp3) is 0.185. The van der Waals surface area contributed by atoms with Gasteiger partial charge in [0.25, 0.3) is 0 Å². The van der Waals surface area contributed by atoms with Gasteiger partial charge < -0.3 is 29.6 Å². The van der Waals surface area contributed by atoms with E-state index in [1.807, 2.05) is 24.3 Å². The molecule has 0 amide bonds. The summed E-state index contributed by atoms with van der Waals surface area (Å²) in [7, 11) is 0. The molecule has 0 spiro atoms. The van der Waals surface area contributed by atoms with E-state index >= 15 is 0 Å². The number of hydrogen-bond acceptors (Lipinski definition) is 8. The molecule has 35 heavy (non-hydrogen) atoms. The molecular weight excluding hydrogens is 452 g/mol. The molecule has 0 bridgehead atoms. The van der Waals surface area contributed by atoms with Crippen molar-refractivity contribution in [2.75, 3.05) is 0 Å². The van der Waals surface area contributed by atoms with Crippen LogP contribution in [0, 0.1) is 0 Å². The maximum absolute atomic E-state index is 13.1. The van der Waals surface area contributed by atoms with Crippen LogP contribution >= 0.6 is 0 Å². The Morgan fingerprint density at radius 1 is 0.886 bits per heavy atom. The standard InChI is InChI=1S/C27H22O8/c1-12(2)13-3-5-14(6-4-13)16-10-21(31)34-20-11-19(30)23-24(32)25(33)26(35-27(23)22(16)20)15-7-8-17(28)18(29)9-15/h3-9,11-12,16,28-30,33H,10H2,1-2H3/t16-/m0/s1. The molecule has 1 aliphatic rings. The second-order valence-corrected chi connectivity index (χ2v) is 8.88. The number of carbonyl (C=O) groups excluding carboxylic acids is 1. The molecule has 0 saturated carbocycles. The Morgan fingerprint density at radius 3 is 2.26 bits per heavy atom. The molecule has 0 aliphatic carbocycles. The average molecular weight is 474 g/mol. The van der Waals surface area contributed by atoms with Crippen LogP contribution in [0.4, 0.5) is 0 Å². The lowest BCUT2D eigenvalue weighted by Crippen LogP contribution is -2.22. The molecule has 4 N–H and O–H groups in total. The van der Waals surface area contributed by atoms with E-state index in [4.69, 9.17) is 9.15 Å². The monoisotopic (exact) mass is 474 g/mol. The number of carbonyl (C=O) groups is 1. The summed E-state index contributed by atoms with van der Waals surface area (Å²) in [5.74, 6) is -3.08. The van der Waals surface area contributed by atoms with Gasteiger partial charge in [0, 0.05) is 23.1 Å². The predicted octanol–water partition coefficient (Wildman–Crippen LogP) is 4.85. The van der Waals surface area contributed by atoms with Gasteiger partial charge in [0.05, 0.1) is 6.42 Å². The summed E-state index contributed by atoms with van der Waals surface area (Å²) < 4.78 is 11.4. The molecule has 4 aromatic rings. The predicted molar refractivity (Wildman–Crippen MR) is 127 cm³/mol. The Kier molecular flexibility index (Phi) is 5.16. The van der Waals surface area contributed by atoms with Gasteiger partial charge in [-0.25, -0.2) is 0 Å². The summed E-state index contributed by atoms with van der Waals surface area (Å²) in [4.78, 5) is 25.5. The number of fused-ring (bicyclic) bond motifs is 3. The van der Waals surface area contributed by atoms with E-state index in [0.29, 0.717) is 11.5 Å². The van der Waals surface area contributed by atoms with Crippen molar-refractivity contribution in [3.63, 3.8) is 0 Å².